The summed E-state index contributed by atoms with van der Waals surface area (Å²) in [6.07, 6.45) is 1.58. The molecule has 0 aromatic heterocycles. The SMILES string of the molecule is CCC(CC#N)N(C)c1ccccc1. The average Bonchev–Trinajstić information content (AvgIpc) is 2.26. The maximum Gasteiger partial charge on any atom is 0.0643 e. The van der Waals surface area contributed by atoms with Gasteiger partial charge in [-0.15, -0.1) is 0 Å². The maximum atomic E-state index is 8.69. The number of hydrogen-bond acceptors (Lipinski definition) is 2. The van der Waals surface area contributed by atoms with Crippen LogP contribution in [0, 0.1) is 11.3 Å². The van der Waals surface area contributed by atoms with Crippen molar-refractivity contribution in [2.24, 2.45) is 0 Å². The number of benzene rings is 1. The Morgan fingerprint density at radius 2 is 2.00 bits per heavy atom. The average molecular weight is 188 g/mol. The zero-order chi connectivity index (χ0) is 10.4. The van der Waals surface area contributed by atoms with Crippen molar-refractivity contribution in [3.05, 3.63) is 30.3 Å². The van der Waals surface area contributed by atoms with Crippen LogP contribution in [0.4, 0.5) is 5.69 Å². The van der Waals surface area contributed by atoms with Crippen LogP contribution in [-0.2, 0) is 0 Å². The first-order chi connectivity index (χ1) is 6.79. The highest BCUT2D eigenvalue weighted by Crippen LogP contribution is 2.17. The van der Waals surface area contributed by atoms with E-state index in [1.807, 2.05) is 25.2 Å². The van der Waals surface area contributed by atoms with Crippen molar-refractivity contribution in [1.29, 1.82) is 5.26 Å². The first kappa shape index (κ1) is 10.6. The van der Waals surface area contributed by atoms with E-state index in [2.05, 4.69) is 30.0 Å². The summed E-state index contributed by atoms with van der Waals surface area (Å²) in [5, 5.41) is 8.69. The van der Waals surface area contributed by atoms with Crippen molar-refractivity contribution < 1.29 is 0 Å². The zero-order valence-corrected chi connectivity index (χ0v) is 8.77. The van der Waals surface area contributed by atoms with Crippen LogP contribution in [0.5, 0.6) is 0 Å². The Morgan fingerprint density at radius 1 is 1.36 bits per heavy atom. The van der Waals surface area contributed by atoms with E-state index in [9.17, 15) is 0 Å². The van der Waals surface area contributed by atoms with Crippen LogP contribution in [0.1, 0.15) is 19.8 Å². The molecule has 0 bridgehead atoms. The summed E-state index contributed by atoms with van der Waals surface area (Å²) in [5.74, 6) is 0. The van der Waals surface area contributed by atoms with Gasteiger partial charge < -0.3 is 4.90 Å². The van der Waals surface area contributed by atoms with Crippen LogP contribution in [0.2, 0.25) is 0 Å². The van der Waals surface area contributed by atoms with Crippen LogP contribution < -0.4 is 4.90 Å². The number of rotatable bonds is 4. The number of nitrogens with zero attached hydrogens (tertiary/aromatic N) is 2. The molecule has 0 saturated heterocycles. The van der Waals surface area contributed by atoms with Crippen LogP contribution in [0.3, 0.4) is 0 Å². The van der Waals surface area contributed by atoms with Gasteiger partial charge in [0.25, 0.3) is 0 Å². The van der Waals surface area contributed by atoms with Crippen molar-refractivity contribution in [2.45, 2.75) is 25.8 Å². The molecule has 1 aromatic rings. The molecule has 2 heteroatoms. The van der Waals surface area contributed by atoms with Crippen molar-refractivity contribution in [3.8, 4) is 6.07 Å². The van der Waals surface area contributed by atoms with Crippen LogP contribution in [0.15, 0.2) is 30.3 Å². The number of nitriles is 1. The first-order valence-corrected chi connectivity index (χ1v) is 4.94. The van der Waals surface area contributed by atoms with E-state index in [0.717, 1.165) is 6.42 Å². The standard InChI is InChI=1S/C12H16N2/c1-3-11(9-10-13)14(2)12-7-5-4-6-8-12/h4-8,11H,3,9H2,1-2H3. The van der Waals surface area contributed by atoms with E-state index >= 15 is 0 Å². The van der Waals surface area contributed by atoms with E-state index in [1.54, 1.807) is 0 Å². The van der Waals surface area contributed by atoms with Crippen molar-refractivity contribution in [1.82, 2.24) is 0 Å². The van der Waals surface area contributed by atoms with Crippen molar-refractivity contribution >= 4 is 5.69 Å². The highest BCUT2D eigenvalue weighted by molar-refractivity contribution is 5.46. The Bertz CT molecular complexity index is 300. The second kappa shape index (κ2) is 5.29. The molecule has 0 radical (unpaired) electrons. The number of para-hydroxylation sites is 1. The number of anilines is 1. The van der Waals surface area contributed by atoms with Gasteiger partial charge in [0, 0.05) is 18.8 Å². The van der Waals surface area contributed by atoms with Gasteiger partial charge in [-0.05, 0) is 18.6 Å². The topological polar surface area (TPSA) is 27.0 Å². The second-order valence-electron chi connectivity index (χ2n) is 3.37. The van der Waals surface area contributed by atoms with Gasteiger partial charge >= 0.3 is 0 Å². The molecular formula is C12H16N2. The van der Waals surface area contributed by atoms with Crippen molar-refractivity contribution in [2.75, 3.05) is 11.9 Å². The third-order valence-electron chi connectivity index (χ3n) is 2.51. The van der Waals surface area contributed by atoms with E-state index in [0.29, 0.717) is 12.5 Å². The summed E-state index contributed by atoms with van der Waals surface area (Å²) in [6, 6.07) is 12.7. The predicted octanol–water partition coefficient (Wildman–Crippen LogP) is 2.82. The molecule has 0 aliphatic rings. The van der Waals surface area contributed by atoms with Crippen LogP contribution in [0.25, 0.3) is 0 Å². The lowest BCUT2D eigenvalue weighted by atomic mass is 10.1. The molecule has 0 spiro atoms. The van der Waals surface area contributed by atoms with E-state index < -0.39 is 0 Å². The molecule has 0 fully saturated rings. The fourth-order valence-corrected chi connectivity index (χ4v) is 1.53. The molecule has 0 amide bonds. The van der Waals surface area contributed by atoms with Gasteiger partial charge in [0.1, 0.15) is 0 Å². The molecule has 0 N–H and O–H groups in total. The monoisotopic (exact) mass is 188 g/mol. The number of hydrogen-bond donors (Lipinski definition) is 0. The highest BCUT2D eigenvalue weighted by Gasteiger charge is 2.11. The van der Waals surface area contributed by atoms with Crippen LogP contribution in [-0.4, -0.2) is 13.1 Å². The summed E-state index contributed by atoms with van der Waals surface area (Å²) in [7, 11) is 2.04. The Balaban J connectivity index is 2.73. The fraction of sp³-hybridized carbons (Fsp3) is 0.417. The molecule has 0 saturated carbocycles. The third kappa shape index (κ3) is 2.50. The molecule has 1 unspecified atom stereocenters. The lowest BCUT2D eigenvalue weighted by Crippen LogP contribution is -2.30. The first-order valence-electron chi connectivity index (χ1n) is 4.94. The molecule has 1 atom stereocenters. The molecule has 0 aliphatic carbocycles. The Labute approximate surface area is 85.8 Å². The highest BCUT2D eigenvalue weighted by atomic mass is 15.1. The summed E-state index contributed by atoms with van der Waals surface area (Å²) >= 11 is 0. The van der Waals surface area contributed by atoms with Gasteiger partial charge in [-0.1, -0.05) is 25.1 Å². The molecular weight excluding hydrogens is 172 g/mol. The minimum Gasteiger partial charge on any atom is -0.371 e. The maximum absolute atomic E-state index is 8.69. The van der Waals surface area contributed by atoms with Crippen LogP contribution >= 0.6 is 0 Å². The quantitative estimate of drug-likeness (QED) is 0.726. The molecule has 1 aromatic carbocycles. The predicted molar refractivity (Wildman–Crippen MR) is 59.2 cm³/mol. The third-order valence-corrected chi connectivity index (χ3v) is 2.51. The van der Waals surface area contributed by atoms with Gasteiger partial charge in [0.2, 0.25) is 0 Å². The molecule has 0 aliphatic heterocycles. The van der Waals surface area contributed by atoms with Gasteiger partial charge in [-0.2, -0.15) is 5.26 Å². The smallest absolute Gasteiger partial charge is 0.0643 e. The summed E-state index contributed by atoms with van der Waals surface area (Å²) in [6.45, 7) is 2.11. The lowest BCUT2D eigenvalue weighted by Gasteiger charge is -2.27. The Morgan fingerprint density at radius 3 is 2.50 bits per heavy atom. The normalized spacial score (nSPS) is 11.8. The fourth-order valence-electron chi connectivity index (χ4n) is 1.53. The summed E-state index contributed by atoms with van der Waals surface area (Å²) < 4.78 is 0. The van der Waals surface area contributed by atoms with Gasteiger partial charge in [0.15, 0.2) is 0 Å². The van der Waals surface area contributed by atoms with Gasteiger partial charge in [0.05, 0.1) is 12.5 Å². The minimum atomic E-state index is 0.322. The summed E-state index contributed by atoms with van der Waals surface area (Å²) in [4.78, 5) is 2.17. The largest absolute Gasteiger partial charge is 0.371 e. The second-order valence-corrected chi connectivity index (χ2v) is 3.37. The van der Waals surface area contributed by atoms with E-state index in [1.165, 1.54) is 5.69 Å². The molecule has 0 heterocycles. The van der Waals surface area contributed by atoms with Crippen molar-refractivity contribution in [3.63, 3.8) is 0 Å². The summed E-state index contributed by atoms with van der Waals surface area (Å²) in [5.41, 5.74) is 1.18. The van der Waals surface area contributed by atoms with E-state index in [-0.39, 0.29) is 0 Å². The molecule has 1 rings (SSSR count). The van der Waals surface area contributed by atoms with E-state index in [4.69, 9.17) is 5.26 Å². The van der Waals surface area contributed by atoms with Gasteiger partial charge in [-0.3, -0.25) is 0 Å². The lowest BCUT2D eigenvalue weighted by molar-refractivity contribution is 0.622. The minimum absolute atomic E-state index is 0.322. The molecule has 2 nitrogen and oxygen atoms in total. The van der Waals surface area contributed by atoms with Gasteiger partial charge in [-0.25, -0.2) is 0 Å². The Kier molecular flexibility index (Phi) is 4.00. The Hall–Kier alpha value is -1.49. The zero-order valence-electron chi connectivity index (χ0n) is 8.77. The molecule has 74 valence electrons. The molecule has 14 heavy (non-hydrogen) atoms.